The Labute approximate surface area is 238 Å². The maximum absolute atomic E-state index is 11.9. The Morgan fingerprint density at radius 1 is 1.03 bits per heavy atom. The molecule has 0 radical (unpaired) electrons. The number of benzene rings is 2. The molecule has 1 fully saturated rings. The average molecular weight is 611 g/mol. The molecule has 4 N–H and O–H groups in total. The molecule has 0 bridgehead atoms. The van der Waals surface area contributed by atoms with Crippen LogP contribution in [-0.4, -0.2) is 56.2 Å². The Hall–Kier alpha value is -2.09. The van der Waals surface area contributed by atoms with E-state index in [1.807, 2.05) is 6.92 Å². The van der Waals surface area contributed by atoms with Gasteiger partial charge in [-0.25, -0.2) is 8.42 Å². The van der Waals surface area contributed by atoms with Gasteiger partial charge < -0.3 is 15.1 Å². The summed E-state index contributed by atoms with van der Waals surface area (Å²) in [6.45, 7) is 4.57. The van der Waals surface area contributed by atoms with Crippen LogP contribution >= 0.6 is 23.2 Å². The number of nitrogens with one attached hydrogen (secondary N) is 2. The lowest BCUT2D eigenvalue weighted by molar-refractivity contribution is 0.0799. The number of phenols is 2. The molecule has 2 unspecified atom stereocenters. The van der Waals surface area contributed by atoms with Gasteiger partial charge in [0.15, 0.2) is 5.75 Å². The van der Waals surface area contributed by atoms with Crippen LogP contribution in [0.2, 0.25) is 10.0 Å². The van der Waals surface area contributed by atoms with Crippen molar-refractivity contribution in [3.63, 3.8) is 0 Å². The smallest absolute Gasteiger partial charge is 0.262 e. The maximum atomic E-state index is 11.9. The van der Waals surface area contributed by atoms with Crippen LogP contribution < -0.4 is 9.44 Å². The van der Waals surface area contributed by atoms with E-state index >= 15 is 0 Å². The molecule has 0 heterocycles. The van der Waals surface area contributed by atoms with Crippen molar-refractivity contribution in [3.05, 3.63) is 45.9 Å². The molecular formula is C24H33Cl2N3O7S2. The molecule has 1 aliphatic rings. The molecule has 0 aromatic heterocycles. The van der Waals surface area contributed by atoms with Crippen LogP contribution in [0, 0.1) is 5.92 Å². The summed E-state index contributed by atoms with van der Waals surface area (Å²) in [6, 6.07) is 7.21. The highest BCUT2D eigenvalue weighted by Crippen LogP contribution is 2.35. The van der Waals surface area contributed by atoms with E-state index in [4.69, 9.17) is 27.4 Å². The Balaban J connectivity index is 0.000000269. The summed E-state index contributed by atoms with van der Waals surface area (Å²) in [6.07, 6.45) is 4.05. The van der Waals surface area contributed by atoms with Gasteiger partial charge in [-0.05, 0) is 68.9 Å². The maximum Gasteiger partial charge on any atom is 0.262 e. The van der Waals surface area contributed by atoms with Gasteiger partial charge in [0.25, 0.3) is 28.4 Å². The Morgan fingerprint density at radius 2 is 1.61 bits per heavy atom. The number of anilines is 2. The van der Waals surface area contributed by atoms with E-state index in [9.17, 15) is 23.4 Å². The van der Waals surface area contributed by atoms with Crippen LogP contribution in [0.3, 0.4) is 0 Å². The van der Waals surface area contributed by atoms with Crippen molar-refractivity contribution >= 4 is 63.0 Å². The number of halogens is 2. The topological polar surface area (TPSA) is 137 Å². The fourth-order valence-electron chi connectivity index (χ4n) is 3.45. The van der Waals surface area contributed by atoms with Gasteiger partial charge in [-0.3, -0.25) is 22.6 Å². The van der Waals surface area contributed by atoms with Gasteiger partial charge in [0, 0.05) is 19.3 Å². The standard InChI is InChI=1S/C13H17Cl2NO3S.C11H16N2O4S/c1-8-2-4-10(5-3-8)19-20(18)16-9-6-11(14)13(17)12(15)7-9;1-4-13(2)11(15)9-7-8(5-6-10(9)14)12-18(16)17-3/h6-8,10,16-17H,2-5H2,1H3;5-7,12,14H,4H2,1-3H3. The third kappa shape index (κ3) is 9.90. The molecule has 0 aliphatic heterocycles. The van der Waals surface area contributed by atoms with Gasteiger partial charge in [0.05, 0.1) is 34.5 Å². The van der Waals surface area contributed by atoms with Gasteiger partial charge in [-0.2, -0.15) is 0 Å². The molecule has 1 amide bonds. The number of carbonyl (C=O) groups is 1. The summed E-state index contributed by atoms with van der Waals surface area (Å²) in [4.78, 5) is 13.4. The summed E-state index contributed by atoms with van der Waals surface area (Å²) in [5.74, 6) is 0.105. The predicted molar refractivity (Wildman–Crippen MR) is 152 cm³/mol. The van der Waals surface area contributed by atoms with Gasteiger partial charge in [-0.1, -0.05) is 30.1 Å². The van der Waals surface area contributed by atoms with Gasteiger partial charge in [0.1, 0.15) is 5.75 Å². The molecule has 2 atom stereocenters. The molecule has 14 heteroatoms. The quantitative estimate of drug-likeness (QED) is 0.279. The van der Waals surface area contributed by atoms with Crippen molar-refractivity contribution in [3.8, 4) is 11.5 Å². The van der Waals surface area contributed by atoms with Crippen molar-refractivity contribution in [2.24, 2.45) is 5.92 Å². The zero-order chi connectivity index (χ0) is 28.4. The van der Waals surface area contributed by atoms with Crippen molar-refractivity contribution < 1.29 is 31.8 Å². The molecule has 1 saturated carbocycles. The van der Waals surface area contributed by atoms with E-state index in [0.29, 0.717) is 23.8 Å². The first-order valence-corrected chi connectivity index (χ1v) is 14.7. The van der Waals surface area contributed by atoms with E-state index in [2.05, 4.69) is 20.6 Å². The molecule has 2 aromatic rings. The fourth-order valence-corrected chi connectivity index (χ4v) is 5.14. The minimum atomic E-state index is -1.68. The largest absolute Gasteiger partial charge is 0.507 e. The third-order valence-corrected chi connectivity index (χ3v) is 7.94. The van der Waals surface area contributed by atoms with Gasteiger partial charge in [0.2, 0.25) is 0 Å². The van der Waals surface area contributed by atoms with Crippen molar-refractivity contribution in [1.29, 1.82) is 0 Å². The molecule has 0 saturated heterocycles. The second-order valence-electron chi connectivity index (χ2n) is 8.66. The molecule has 212 valence electrons. The number of hydrogen-bond acceptors (Lipinski definition) is 7. The summed E-state index contributed by atoms with van der Waals surface area (Å²) in [5.41, 5.74) is 1.03. The molecule has 0 spiro atoms. The molecule has 2 aromatic carbocycles. The molecule has 3 rings (SSSR count). The zero-order valence-electron chi connectivity index (χ0n) is 21.5. The zero-order valence-corrected chi connectivity index (χ0v) is 24.7. The highest BCUT2D eigenvalue weighted by atomic mass is 35.5. The summed E-state index contributed by atoms with van der Waals surface area (Å²) in [7, 11) is 2.93. The molecule has 1 aliphatic carbocycles. The van der Waals surface area contributed by atoms with E-state index in [1.165, 1.54) is 42.3 Å². The second-order valence-corrected chi connectivity index (χ2v) is 11.3. The summed E-state index contributed by atoms with van der Waals surface area (Å²) < 4.78 is 38.3. The number of phenolic OH excluding ortho intramolecular Hbond substituents is 2. The van der Waals surface area contributed by atoms with E-state index < -0.39 is 22.5 Å². The first-order valence-electron chi connectivity index (χ1n) is 11.8. The SMILES string of the molecule is CC1CCC(OS(=O)Nc2cc(Cl)c(O)c(Cl)c2)CC1.CCN(C)C(=O)c1cc(NS(=O)OC)ccc1O. The highest BCUT2D eigenvalue weighted by molar-refractivity contribution is 7.81. The minimum Gasteiger partial charge on any atom is -0.507 e. The molecule has 38 heavy (non-hydrogen) atoms. The van der Waals surface area contributed by atoms with Crippen LogP contribution in [0.5, 0.6) is 11.5 Å². The van der Waals surface area contributed by atoms with Crippen LogP contribution in [-0.2, 0) is 30.9 Å². The fraction of sp³-hybridized carbons (Fsp3) is 0.458. The average Bonchev–Trinajstić information content (AvgIpc) is 2.89. The summed E-state index contributed by atoms with van der Waals surface area (Å²) in [5, 5.41) is 19.3. The Kier molecular flexibility index (Phi) is 13.1. The number of rotatable bonds is 9. The van der Waals surface area contributed by atoms with Crippen LogP contribution in [0.1, 0.15) is 49.9 Å². The first-order chi connectivity index (χ1) is 17.9. The molecule has 10 nitrogen and oxygen atoms in total. The number of nitrogens with zero attached hydrogens (tertiary/aromatic N) is 1. The van der Waals surface area contributed by atoms with Crippen LogP contribution in [0.15, 0.2) is 30.3 Å². The monoisotopic (exact) mass is 609 g/mol. The predicted octanol–water partition coefficient (Wildman–Crippen LogP) is 5.41. The summed E-state index contributed by atoms with van der Waals surface area (Å²) >= 11 is 8.27. The van der Waals surface area contributed by atoms with Crippen molar-refractivity contribution in [1.82, 2.24) is 4.90 Å². The normalized spacial score (nSPS) is 18.5. The second kappa shape index (κ2) is 15.5. The minimum absolute atomic E-state index is 0.0163. The lowest BCUT2D eigenvalue weighted by Gasteiger charge is -2.25. The van der Waals surface area contributed by atoms with E-state index in [0.717, 1.165) is 25.7 Å². The van der Waals surface area contributed by atoms with Gasteiger partial charge in [-0.15, -0.1) is 0 Å². The number of aromatic hydroxyl groups is 2. The lowest BCUT2D eigenvalue weighted by atomic mass is 9.89. The van der Waals surface area contributed by atoms with E-state index in [-0.39, 0.29) is 39.1 Å². The molecular weight excluding hydrogens is 577 g/mol. The first kappa shape index (κ1) is 32.1. The van der Waals surface area contributed by atoms with Gasteiger partial charge >= 0.3 is 0 Å². The number of hydrogen-bond donors (Lipinski definition) is 4. The Morgan fingerprint density at radius 3 is 2.16 bits per heavy atom. The van der Waals surface area contributed by atoms with Crippen molar-refractivity contribution in [2.45, 2.75) is 45.6 Å². The van der Waals surface area contributed by atoms with Crippen molar-refractivity contribution in [2.75, 3.05) is 30.1 Å². The van der Waals surface area contributed by atoms with Crippen LogP contribution in [0.25, 0.3) is 0 Å². The number of carbonyl (C=O) groups excluding carboxylic acids is 1. The third-order valence-electron chi connectivity index (χ3n) is 5.81. The lowest BCUT2D eigenvalue weighted by Crippen LogP contribution is -2.26. The van der Waals surface area contributed by atoms with Crippen LogP contribution in [0.4, 0.5) is 11.4 Å². The van der Waals surface area contributed by atoms with E-state index in [1.54, 1.807) is 7.05 Å². The highest BCUT2D eigenvalue weighted by Gasteiger charge is 2.21. The number of amides is 1. The Bertz CT molecular complexity index is 1120.